The molecule has 7 nitrogen and oxygen atoms in total. The molecule has 0 spiro atoms. The number of benzene rings is 1. The van der Waals surface area contributed by atoms with Crippen LogP contribution in [0.25, 0.3) is 11.1 Å². The van der Waals surface area contributed by atoms with E-state index in [0.29, 0.717) is 28.0 Å². The number of piperidine rings is 1. The van der Waals surface area contributed by atoms with Crippen LogP contribution in [-0.4, -0.2) is 72.0 Å². The summed E-state index contributed by atoms with van der Waals surface area (Å²) < 4.78 is 15.0. The van der Waals surface area contributed by atoms with Crippen LogP contribution in [0.5, 0.6) is 0 Å². The molecule has 4 unspecified atom stereocenters. The predicted molar refractivity (Wildman–Crippen MR) is 140 cm³/mol. The quantitative estimate of drug-likeness (QED) is 0.585. The fourth-order valence-electron chi connectivity index (χ4n) is 6.14. The first-order valence-electron chi connectivity index (χ1n) is 13.3. The maximum absolute atomic E-state index is 15.0. The zero-order valence-corrected chi connectivity index (χ0v) is 21.6. The average molecular weight is 522 g/mol. The van der Waals surface area contributed by atoms with Crippen LogP contribution < -0.4 is 10.6 Å². The second kappa shape index (κ2) is 10.2. The molecule has 9 heteroatoms. The Morgan fingerprint density at radius 2 is 1.95 bits per heavy atom. The largest absolute Gasteiger partial charge is 0.339 e. The average Bonchev–Trinajstić information content (AvgIpc) is 3.29. The smallest absolute Gasteiger partial charge is 0.264 e. The first-order valence-corrected chi connectivity index (χ1v) is 14.2. The lowest BCUT2D eigenvalue weighted by Crippen LogP contribution is -2.50. The summed E-state index contributed by atoms with van der Waals surface area (Å²) in [5.74, 6) is -0.211. The summed E-state index contributed by atoms with van der Waals surface area (Å²) in [5, 5.41) is 17.6. The third-order valence-corrected chi connectivity index (χ3v) is 9.32. The van der Waals surface area contributed by atoms with E-state index >= 15 is 4.39 Å². The molecule has 0 radical (unpaired) electrons. The molecule has 2 saturated carbocycles. The van der Waals surface area contributed by atoms with E-state index in [2.05, 4.69) is 21.6 Å². The standard InChI is InChI=1S/C28H32FN5O2S/c29-24-13-17(20-14-25(37-16-20)28(36)34-9-7-33(8-10-34)23-5-6-23)1-2-18(24)11-22(15-30)32-27(35)26-19-3-4-21(12-19)31-26/h1-2,13-14,16,19,21-23,26,31H,3-12H2,(H,32,35). The minimum absolute atomic E-state index is 0.0429. The molecule has 2 saturated heterocycles. The number of carbonyl (C=O) groups is 2. The third-order valence-electron chi connectivity index (χ3n) is 8.40. The summed E-state index contributed by atoms with van der Waals surface area (Å²) in [6.45, 7) is 3.37. The van der Waals surface area contributed by atoms with Gasteiger partial charge in [0.2, 0.25) is 5.91 Å². The highest BCUT2D eigenvalue weighted by molar-refractivity contribution is 7.12. The van der Waals surface area contributed by atoms with Gasteiger partial charge in [0.15, 0.2) is 0 Å². The van der Waals surface area contributed by atoms with Gasteiger partial charge < -0.3 is 15.5 Å². The molecule has 4 fully saturated rings. The van der Waals surface area contributed by atoms with Gasteiger partial charge in [0.05, 0.1) is 17.0 Å². The van der Waals surface area contributed by atoms with Crippen LogP contribution in [0, 0.1) is 23.1 Å². The van der Waals surface area contributed by atoms with E-state index in [4.69, 9.17) is 0 Å². The van der Waals surface area contributed by atoms with Crippen LogP contribution in [0.15, 0.2) is 29.6 Å². The lowest BCUT2D eigenvalue weighted by atomic mass is 9.98. The Morgan fingerprint density at radius 1 is 1.14 bits per heavy atom. The SMILES string of the molecule is N#CC(Cc1ccc(-c2csc(C(=O)N3CCN(C4CC4)CC3)c2)cc1F)NC(=O)C1NC2CCC1C2. The molecule has 194 valence electrons. The zero-order chi connectivity index (χ0) is 25.5. The lowest BCUT2D eigenvalue weighted by molar-refractivity contribution is -0.124. The number of rotatable bonds is 7. The Labute approximate surface area is 220 Å². The van der Waals surface area contributed by atoms with Gasteiger partial charge in [-0.1, -0.05) is 12.1 Å². The van der Waals surface area contributed by atoms with Crippen LogP contribution in [0.3, 0.4) is 0 Å². The first-order chi connectivity index (χ1) is 18.0. The molecule has 1 aromatic carbocycles. The van der Waals surface area contributed by atoms with Crippen LogP contribution in [0.4, 0.5) is 4.39 Å². The molecule has 2 N–H and O–H groups in total. The normalized spacial score (nSPS) is 26.2. The molecule has 3 heterocycles. The highest BCUT2D eigenvalue weighted by Crippen LogP contribution is 2.35. The van der Waals surface area contributed by atoms with Crippen molar-refractivity contribution < 1.29 is 14.0 Å². The highest BCUT2D eigenvalue weighted by atomic mass is 32.1. The second-order valence-corrected chi connectivity index (χ2v) is 11.8. The summed E-state index contributed by atoms with van der Waals surface area (Å²) in [6, 6.07) is 8.98. The number of amides is 2. The number of nitrogens with one attached hydrogen (secondary N) is 2. The minimum atomic E-state index is -0.792. The van der Waals surface area contributed by atoms with Crippen LogP contribution in [0.2, 0.25) is 0 Å². The van der Waals surface area contributed by atoms with Crippen LogP contribution in [0.1, 0.15) is 47.3 Å². The Kier molecular flexibility index (Phi) is 6.74. The molecule has 4 atom stereocenters. The maximum atomic E-state index is 15.0. The molecule has 6 rings (SSSR count). The topological polar surface area (TPSA) is 88.5 Å². The van der Waals surface area contributed by atoms with Gasteiger partial charge in [0.25, 0.3) is 5.91 Å². The van der Waals surface area contributed by atoms with Gasteiger partial charge in [0, 0.05) is 44.7 Å². The van der Waals surface area contributed by atoms with Gasteiger partial charge in [-0.05, 0) is 72.2 Å². The summed E-state index contributed by atoms with van der Waals surface area (Å²) in [5.41, 5.74) is 1.89. The summed E-state index contributed by atoms with van der Waals surface area (Å²) >= 11 is 1.39. The summed E-state index contributed by atoms with van der Waals surface area (Å²) in [6.07, 6.45) is 5.82. The predicted octanol–water partition coefficient (Wildman–Crippen LogP) is 3.17. The number of halogens is 1. The Morgan fingerprint density at radius 3 is 2.59 bits per heavy atom. The minimum Gasteiger partial charge on any atom is -0.339 e. The number of carbonyl (C=O) groups excluding carboxylic acids is 2. The van der Waals surface area contributed by atoms with Gasteiger partial charge >= 0.3 is 0 Å². The molecule has 2 amide bonds. The molecule has 2 bridgehead atoms. The van der Waals surface area contributed by atoms with Crippen molar-refractivity contribution in [3.8, 4) is 17.2 Å². The Balaban J connectivity index is 1.07. The Bertz CT molecular complexity index is 1230. The van der Waals surface area contributed by atoms with Crippen molar-refractivity contribution in [1.82, 2.24) is 20.4 Å². The second-order valence-electron chi connectivity index (χ2n) is 10.9. The number of fused-ring (bicyclic) bond motifs is 2. The van der Waals surface area contributed by atoms with E-state index in [1.807, 2.05) is 22.4 Å². The number of nitrogens with zero attached hydrogens (tertiary/aromatic N) is 3. The first kappa shape index (κ1) is 24.5. The molecule has 2 aliphatic carbocycles. The maximum Gasteiger partial charge on any atom is 0.264 e. The lowest BCUT2D eigenvalue weighted by Gasteiger charge is -2.34. The van der Waals surface area contributed by atoms with E-state index in [-0.39, 0.29) is 24.3 Å². The Hall–Kier alpha value is -2.80. The van der Waals surface area contributed by atoms with Crippen molar-refractivity contribution in [3.05, 3.63) is 45.9 Å². The molecule has 2 aromatic rings. The van der Waals surface area contributed by atoms with Crippen molar-refractivity contribution >= 4 is 23.2 Å². The number of piperazine rings is 1. The van der Waals surface area contributed by atoms with Gasteiger partial charge in [-0.3, -0.25) is 14.5 Å². The van der Waals surface area contributed by atoms with Crippen LogP contribution in [-0.2, 0) is 11.2 Å². The fourth-order valence-corrected chi connectivity index (χ4v) is 7.02. The highest BCUT2D eigenvalue weighted by Gasteiger charge is 2.43. The number of hydrogen-bond donors (Lipinski definition) is 2. The number of thiophene rings is 1. The van der Waals surface area contributed by atoms with E-state index in [9.17, 15) is 14.9 Å². The summed E-state index contributed by atoms with van der Waals surface area (Å²) in [7, 11) is 0. The fraction of sp³-hybridized carbons (Fsp3) is 0.536. The van der Waals surface area contributed by atoms with Gasteiger partial charge in [0.1, 0.15) is 11.9 Å². The molecule has 1 aromatic heterocycles. The van der Waals surface area contributed by atoms with Crippen molar-refractivity contribution in [2.45, 2.75) is 62.7 Å². The zero-order valence-electron chi connectivity index (χ0n) is 20.8. The van der Waals surface area contributed by atoms with E-state index in [1.165, 1.54) is 30.2 Å². The molecular formula is C28H32FN5O2S. The van der Waals surface area contributed by atoms with E-state index < -0.39 is 11.9 Å². The number of nitriles is 1. The molecule has 37 heavy (non-hydrogen) atoms. The van der Waals surface area contributed by atoms with Crippen molar-refractivity contribution in [1.29, 1.82) is 5.26 Å². The van der Waals surface area contributed by atoms with Crippen molar-refractivity contribution in [2.75, 3.05) is 26.2 Å². The molecular weight excluding hydrogens is 489 g/mol. The van der Waals surface area contributed by atoms with Gasteiger partial charge in [-0.2, -0.15) is 5.26 Å². The van der Waals surface area contributed by atoms with Gasteiger partial charge in [-0.25, -0.2) is 4.39 Å². The van der Waals surface area contributed by atoms with E-state index in [0.717, 1.165) is 57.0 Å². The van der Waals surface area contributed by atoms with Crippen LogP contribution >= 0.6 is 11.3 Å². The van der Waals surface area contributed by atoms with Crippen molar-refractivity contribution in [3.63, 3.8) is 0 Å². The molecule has 2 aliphatic heterocycles. The van der Waals surface area contributed by atoms with Gasteiger partial charge in [-0.15, -0.1) is 11.3 Å². The number of hydrogen-bond acceptors (Lipinski definition) is 6. The van der Waals surface area contributed by atoms with Crippen molar-refractivity contribution in [2.24, 2.45) is 5.92 Å². The third kappa shape index (κ3) is 5.15. The van der Waals surface area contributed by atoms with E-state index in [1.54, 1.807) is 6.07 Å². The molecule has 4 aliphatic rings. The monoisotopic (exact) mass is 521 g/mol. The summed E-state index contributed by atoms with van der Waals surface area (Å²) in [4.78, 5) is 30.8.